The van der Waals surface area contributed by atoms with Crippen LogP contribution in [0.2, 0.25) is 0 Å². The first-order chi connectivity index (χ1) is 14.8. The molecular formula is C29H58O2. The normalized spacial score (nSPS) is 13.8. The molecule has 0 aliphatic rings. The minimum atomic E-state index is -0.517. The monoisotopic (exact) mass is 438 g/mol. The molecule has 1 N–H and O–H groups in total. The molecule has 0 aliphatic heterocycles. The van der Waals surface area contributed by atoms with E-state index in [1.54, 1.807) is 0 Å². The van der Waals surface area contributed by atoms with Gasteiger partial charge in [0, 0.05) is 0 Å². The predicted molar refractivity (Wildman–Crippen MR) is 138 cm³/mol. The molecule has 0 radical (unpaired) electrons. The summed E-state index contributed by atoms with van der Waals surface area (Å²) in [6, 6.07) is 0. The molecule has 31 heavy (non-hydrogen) atoms. The third kappa shape index (κ3) is 17.7. The topological polar surface area (TPSA) is 37.3 Å². The number of aliphatic carboxylic acids is 1. The fourth-order valence-corrected chi connectivity index (χ4v) is 4.86. The molecule has 0 rings (SSSR count). The second kappa shape index (κ2) is 20.1. The highest BCUT2D eigenvalue weighted by molar-refractivity contribution is 5.74. The summed E-state index contributed by atoms with van der Waals surface area (Å²) >= 11 is 0. The summed E-state index contributed by atoms with van der Waals surface area (Å²) in [5, 5.41) is 10.2. The zero-order valence-corrected chi connectivity index (χ0v) is 22.2. The van der Waals surface area contributed by atoms with Gasteiger partial charge in [0.15, 0.2) is 0 Å². The van der Waals surface area contributed by atoms with E-state index in [4.69, 9.17) is 0 Å². The Morgan fingerprint density at radius 2 is 0.903 bits per heavy atom. The van der Waals surface area contributed by atoms with E-state index >= 15 is 0 Å². The summed E-state index contributed by atoms with van der Waals surface area (Å²) in [6.45, 7) is 11.4. The second-order valence-electron chi connectivity index (χ2n) is 11.2. The molecule has 0 aromatic carbocycles. The fraction of sp³-hybridized carbons (Fsp3) is 0.966. The van der Waals surface area contributed by atoms with Crippen LogP contribution >= 0.6 is 0 Å². The van der Waals surface area contributed by atoms with E-state index in [2.05, 4.69) is 34.6 Å². The molecule has 0 fully saturated rings. The maximum absolute atomic E-state index is 12.4. The first-order valence-electron chi connectivity index (χ1n) is 14.1. The summed E-state index contributed by atoms with van der Waals surface area (Å²) in [5.74, 6) is 0.959. The van der Waals surface area contributed by atoms with Crippen molar-refractivity contribution >= 4 is 5.97 Å². The average Bonchev–Trinajstić information content (AvgIpc) is 2.71. The third-order valence-electron chi connectivity index (χ3n) is 7.09. The van der Waals surface area contributed by atoms with Gasteiger partial charge in [-0.15, -0.1) is 0 Å². The van der Waals surface area contributed by atoms with Crippen molar-refractivity contribution in [2.75, 3.05) is 0 Å². The largest absolute Gasteiger partial charge is 0.481 e. The van der Waals surface area contributed by atoms with Gasteiger partial charge in [0.2, 0.25) is 0 Å². The maximum atomic E-state index is 12.4. The number of unbranched alkanes of at least 4 members (excludes halogenated alkanes) is 12. The molecule has 0 heterocycles. The van der Waals surface area contributed by atoms with Gasteiger partial charge in [-0.1, -0.05) is 144 Å². The van der Waals surface area contributed by atoms with Crippen molar-refractivity contribution in [2.45, 2.75) is 163 Å². The lowest BCUT2D eigenvalue weighted by molar-refractivity contribution is -0.150. The molecule has 0 spiro atoms. The number of hydrogen-bond acceptors (Lipinski definition) is 1. The number of rotatable bonds is 23. The van der Waals surface area contributed by atoms with Crippen LogP contribution in [0.3, 0.4) is 0 Å². The smallest absolute Gasteiger partial charge is 0.309 e. The molecule has 1 unspecified atom stereocenters. The zero-order valence-electron chi connectivity index (χ0n) is 22.2. The predicted octanol–water partition coefficient (Wildman–Crippen LogP) is 10.2. The number of carbonyl (C=O) groups is 1. The SMILES string of the molecule is CCCCCCCCCCCCC(CCCCCC(C)C)(CCCCC(C)C)C(=O)O. The fourth-order valence-electron chi connectivity index (χ4n) is 4.86. The van der Waals surface area contributed by atoms with Gasteiger partial charge in [0.05, 0.1) is 5.41 Å². The van der Waals surface area contributed by atoms with E-state index in [0.717, 1.165) is 50.4 Å². The van der Waals surface area contributed by atoms with Crippen LogP contribution in [-0.4, -0.2) is 11.1 Å². The van der Waals surface area contributed by atoms with E-state index in [-0.39, 0.29) is 0 Å². The van der Waals surface area contributed by atoms with Gasteiger partial charge < -0.3 is 5.11 Å². The van der Waals surface area contributed by atoms with Crippen molar-refractivity contribution in [3.63, 3.8) is 0 Å². The summed E-state index contributed by atoms with van der Waals surface area (Å²) in [7, 11) is 0. The Morgan fingerprint density at radius 3 is 1.29 bits per heavy atom. The lowest BCUT2D eigenvalue weighted by atomic mass is 9.74. The van der Waals surface area contributed by atoms with Crippen LogP contribution < -0.4 is 0 Å². The van der Waals surface area contributed by atoms with Crippen LogP contribution in [0.4, 0.5) is 0 Å². The summed E-state index contributed by atoms with van der Waals surface area (Å²) in [6.07, 6.45) is 24.1. The Labute approximate surface area is 196 Å². The summed E-state index contributed by atoms with van der Waals surface area (Å²) < 4.78 is 0. The first-order valence-corrected chi connectivity index (χ1v) is 14.1. The van der Waals surface area contributed by atoms with Crippen LogP contribution in [0.5, 0.6) is 0 Å². The van der Waals surface area contributed by atoms with Crippen molar-refractivity contribution in [2.24, 2.45) is 17.3 Å². The van der Waals surface area contributed by atoms with Crippen molar-refractivity contribution in [1.29, 1.82) is 0 Å². The van der Waals surface area contributed by atoms with Gasteiger partial charge in [-0.25, -0.2) is 0 Å². The molecule has 186 valence electrons. The van der Waals surface area contributed by atoms with Gasteiger partial charge in [0.1, 0.15) is 0 Å². The third-order valence-corrected chi connectivity index (χ3v) is 7.09. The van der Waals surface area contributed by atoms with E-state index < -0.39 is 11.4 Å². The molecule has 2 nitrogen and oxygen atoms in total. The van der Waals surface area contributed by atoms with Crippen LogP contribution in [0.15, 0.2) is 0 Å². The Hall–Kier alpha value is -0.530. The van der Waals surface area contributed by atoms with Crippen LogP contribution in [-0.2, 0) is 4.79 Å². The molecule has 0 saturated heterocycles. The van der Waals surface area contributed by atoms with E-state index in [9.17, 15) is 9.90 Å². The molecule has 0 aliphatic carbocycles. The van der Waals surface area contributed by atoms with Gasteiger partial charge >= 0.3 is 5.97 Å². The van der Waals surface area contributed by atoms with Crippen molar-refractivity contribution in [1.82, 2.24) is 0 Å². The first kappa shape index (κ1) is 30.5. The van der Waals surface area contributed by atoms with E-state index in [1.165, 1.54) is 89.9 Å². The summed E-state index contributed by atoms with van der Waals surface area (Å²) in [4.78, 5) is 12.4. The van der Waals surface area contributed by atoms with Crippen LogP contribution in [0.25, 0.3) is 0 Å². The minimum Gasteiger partial charge on any atom is -0.481 e. The number of hydrogen-bond donors (Lipinski definition) is 1. The van der Waals surface area contributed by atoms with E-state index in [0.29, 0.717) is 0 Å². The van der Waals surface area contributed by atoms with Crippen molar-refractivity contribution in [3.8, 4) is 0 Å². The van der Waals surface area contributed by atoms with Gasteiger partial charge in [-0.3, -0.25) is 4.79 Å². The van der Waals surface area contributed by atoms with Crippen molar-refractivity contribution in [3.05, 3.63) is 0 Å². The van der Waals surface area contributed by atoms with Crippen LogP contribution in [0.1, 0.15) is 163 Å². The highest BCUT2D eigenvalue weighted by Gasteiger charge is 2.36. The van der Waals surface area contributed by atoms with Gasteiger partial charge in [-0.2, -0.15) is 0 Å². The molecule has 0 amide bonds. The Kier molecular flexibility index (Phi) is 19.8. The number of carboxylic acid groups (broad SMARTS) is 1. The lowest BCUT2D eigenvalue weighted by Gasteiger charge is -2.30. The van der Waals surface area contributed by atoms with Crippen molar-refractivity contribution < 1.29 is 9.90 Å². The Morgan fingerprint density at radius 1 is 0.581 bits per heavy atom. The van der Waals surface area contributed by atoms with Crippen LogP contribution in [0, 0.1) is 17.3 Å². The molecule has 0 bridgehead atoms. The highest BCUT2D eigenvalue weighted by atomic mass is 16.4. The highest BCUT2D eigenvalue weighted by Crippen LogP contribution is 2.38. The minimum absolute atomic E-state index is 0.463. The standard InChI is InChI=1S/C29H58O2/c1-6-7-8-9-10-11-12-13-14-18-23-29(28(30)31,25-20-17-22-27(4)5)24-19-15-16-21-26(2)3/h26-27H,6-25H2,1-5H3,(H,30,31). The van der Waals surface area contributed by atoms with Gasteiger partial charge in [-0.05, 0) is 31.1 Å². The molecule has 0 aromatic heterocycles. The Bertz CT molecular complexity index is 402. The summed E-state index contributed by atoms with van der Waals surface area (Å²) in [5.41, 5.74) is -0.463. The molecule has 1 atom stereocenters. The zero-order chi connectivity index (χ0) is 23.4. The molecular weight excluding hydrogens is 380 g/mol. The molecule has 0 saturated carbocycles. The maximum Gasteiger partial charge on any atom is 0.309 e. The lowest BCUT2D eigenvalue weighted by Crippen LogP contribution is -2.31. The Balaban J connectivity index is 4.40. The van der Waals surface area contributed by atoms with Gasteiger partial charge in [0.25, 0.3) is 0 Å². The quantitative estimate of drug-likeness (QED) is 0.161. The average molecular weight is 439 g/mol. The molecule has 2 heteroatoms. The van der Waals surface area contributed by atoms with E-state index in [1.807, 2.05) is 0 Å². The second-order valence-corrected chi connectivity index (χ2v) is 11.2. The number of carboxylic acids is 1. The molecule has 0 aromatic rings.